The second-order valence-electron chi connectivity index (χ2n) is 8.68. The maximum atomic E-state index is 14.9. The maximum Gasteiger partial charge on any atom is 0.263 e. The van der Waals surface area contributed by atoms with Crippen LogP contribution in [0.15, 0.2) is 77.9 Å². The minimum atomic E-state index is -0.727. The van der Waals surface area contributed by atoms with Crippen LogP contribution < -0.4 is 16.6 Å². The fraction of sp³-hybridized carbons (Fsp3) is 0.0714. The number of phenols is 1. The summed E-state index contributed by atoms with van der Waals surface area (Å²) in [6, 6.07) is 16.4. The summed E-state index contributed by atoms with van der Waals surface area (Å²) in [6.45, 7) is 1.82. The van der Waals surface area contributed by atoms with Crippen LogP contribution in [-0.2, 0) is 6.54 Å². The molecule has 0 aliphatic carbocycles. The number of para-hydroxylation sites is 1. The van der Waals surface area contributed by atoms with Crippen molar-refractivity contribution in [3.63, 3.8) is 0 Å². The van der Waals surface area contributed by atoms with Gasteiger partial charge in [0.15, 0.2) is 0 Å². The number of anilines is 2. The number of pyridine rings is 1. The number of hydrogen-bond donors (Lipinski definition) is 4. The zero-order valence-electron chi connectivity index (χ0n) is 20.2. The molecule has 0 spiro atoms. The van der Waals surface area contributed by atoms with E-state index in [4.69, 9.17) is 11.1 Å². The van der Waals surface area contributed by atoms with E-state index >= 15 is 0 Å². The van der Waals surface area contributed by atoms with E-state index in [1.165, 1.54) is 29.1 Å². The number of benzene rings is 3. The molecule has 3 aromatic carbocycles. The summed E-state index contributed by atoms with van der Waals surface area (Å²) in [7, 11) is 0. The first-order chi connectivity index (χ1) is 18.2. The highest BCUT2D eigenvalue weighted by Crippen LogP contribution is 2.26. The highest BCUT2D eigenvalue weighted by Gasteiger charge is 2.19. The summed E-state index contributed by atoms with van der Waals surface area (Å²) < 4.78 is 30.1. The Morgan fingerprint density at radius 1 is 1.08 bits per heavy atom. The Morgan fingerprint density at radius 2 is 1.87 bits per heavy atom. The van der Waals surface area contributed by atoms with E-state index in [0.29, 0.717) is 16.5 Å². The Balaban J connectivity index is 1.61. The lowest BCUT2D eigenvalue weighted by Gasteiger charge is -2.18. The van der Waals surface area contributed by atoms with Gasteiger partial charge in [0.05, 0.1) is 28.9 Å². The molecule has 190 valence electrons. The summed E-state index contributed by atoms with van der Waals surface area (Å²) in [4.78, 5) is 21.8. The molecule has 0 unspecified atom stereocenters. The first-order valence-electron chi connectivity index (χ1n) is 11.6. The fourth-order valence-electron chi connectivity index (χ4n) is 4.43. The monoisotopic (exact) mass is 512 g/mol. The van der Waals surface area contributed by atoms with Crippen molar-refractivity contribution in [1.82, 2.24) is 14.5 Å². The molecular formula is C28H22F2N6O2. The first kappa shape index (κ1) is 24.6. The standard InChI is InChI=1S/C28H22F2N6O2/c1-15-5-4-6-16-10-19(36(28(38)23(15)16)22-8-3-2-7-21(22)30)13-33-27-24(26(32)34-14-35-27)25(31)17-9-18(29)12-20(37)11-17/h2-12,14,31,37H,13H2,1H3,(H3,32,33,34,35). The lowest BCUT2D eigenvalue weighted by molar-refractivity contribution is 0.469. The maximum absolute atomic E-state index is 14.9. The number of aromatic hydroxyl groups is 1. The van der Waals surface area contributed by atoms with Crippen LogP contribution in [0, 0.1) is 24.0 Å². The van der Waals surface area contributed by atoms with E-state index in [1.54, 1.807) is 24.3 Å². The van der Waals surface area contributed by atoms with Crippen molar-refractivity contribution in [3.05, 3.63) is 117 Å². The van der Waals surface area contributed by atoms with Crippen LogP contribution in [0.5, 0.6) is 5.75 Å². The molecule has 5 aromatic rings. The SMILES string of the molecule is Cc1cccc2cc(CNc3ncnc(N)c3C(=N)c3cc(O)cc(F)c3)n(-c3ccccc3F)c(=O)c12. The van der Waals surface area contributed by atoms with Gasteiger partial charge in [0.1, 0.15) is 35.3 Å². The van der Waals surface area contributed by atoms with Gasteiger partial charge in [-0.2, -0.15) is 0 Å². The average Bonchev–Trinajstić information content (AvgIpc) is 2.87. The first-order valence-corrected chi connectivity index (χ1v) is 11.6. The molecule has 0 bridgehead atoms. The van der Waals surface area contributed by atoms with Gasteiger partial charge in [-0.15, -0.1) is 0 Å². The Hall–Kier alpha value is -5.12. The summed E-state index contributed by atoms with van der Waals surface area (Å²) in [5.41, 5.74) is 6.88. The number of halogens is 2. The second kappa shape index (κ2) is 9.74. The van der Waals surface area contributed by atoms with Crippen LogP contribution >= 0.6 is 0 Å². The predicted octanol–water partition coefficient (Wildman–Crippen LogP) is 4.68. The number of nitrogens with one attached hydrogen (secondary N) is 2. The van der Waals surface area contributed by atoms with E-state index in [0.717, 1.165) is 17.7 Å². The fourth-order valence-corrected chi connectivity index (χ4v) is 4.43. The minimum Gasteiger partial charge on any atom is -0.508 e. The normalized spacial score (nSPS) is 11.0. The minimum absolute atomic E-state index is 0.00140. The molecule has 0 saturated carbocycles. The number of hydrogen-bond acceptors (Lipinski definition) is 7. The zero-order chi connectivity index (χ0) is 27.0. The number of aromatic nitrogens is 3. The van der Waals surface area contributed by atoms with Crippen molar-refractivity contribution < 1.29 is 13.9 Å². The molecule has 0 aliphatic rings. The van der Waals surface area contributed by atoms with E-state index in [2.05, 4.69) is 15.3 Å². The molecule has 10 heteroatoms. The van der Waals surface area contributed by atoms with Gasteiger partial charge in [0, 0.05) is 17.3 Å². The van der Waals surface area contributed by atoms with Crippen molar-refractivity contribution in [2.24, 2.45) is 0 Å². The van der Waals surface area contributed by atoms with Gasteiger partial charge in [-0.05, 0) is 48.2 Å². The van der Waals surface area contributed by atoms with E-state index in [9.17, 15) is 18.7 Å². The second-order valence-corrected chi connectivity index (χ2v) is 8.68. The molecule has 2 aromatic heterocycles. The molecule has 5 N–H and O–H groups in total. The van der Waals surface area contributed by atoms with Gasteiger partial charge >= 0.3 is 0 Å². The Labute approximate surface area is 215 Å². The quantitative estimate of drug-likeness (QED) is 0.244. The molecule has 2 heterocycles. The molecule has 38 heavy (non-hydrogen) atoms. The van der Waals surface area contributed by atoms with Crippen molar-refractivity contribution >= 4 is 28.1 Å². The van der Waals surface area contributed by atoms with E-state index in [1.807, 2.05) is 19.1 Å². The molecule has 5 rings (SSSR count). The molecule has 0 atom stereocenters. The number of phenolic OH excluding ortho intramolecular Hbond substituents is 1. The number of fused-ring (bicyclic) bond motifs is 1. The number of aryl methyl sites for hydroxylation is 1. The zero-order valence-corrected chi connectivity index (χ0v) is 20.2. The molecule has 8 nitrogen and oxygen atoms in total. The van der Waals surface area contributed by atoms with Crippen molar-refractivity contribution in [2.45, 2.75) is 13.5 Å². The molecular weight excluding hydrogens is 490 g/mol. The molecule has 0 radical (unpaired) electrons. The van der Waals surface area contributed by atoms with Gasteiger partial charge in [0.2, 0.25) is 0 Å². The third-order valence-electron chi connectivity index (χ3n) is 6.16. The highest BCUT2D eigenvalue weighted by molar-refractivity contribution is 6.16. The average molecular weight is 513 g/mol. The number of nitrogens with zero attached hydrogens (tertiary/aromatic N) is 3. The van der Waals surface area contributed by atoms with Crippen LogP contribution in [-0.4, -0.2) is 25.4 Å². The van der Waals surface area contributed by atoms with Crippen LogP contribution in [0.1, 0.15) is 22.4 Å². The van der Waals surface area contributed by atoms with Crippen LogP contribution in [0.25, 0.3) is 16.5 Å². The molecule has 0 aliphatic heterocycles. The Bertz CT molecular complexity index is 1760. The van der Waals surface area contributed by atoms with Crippen LogP contribution in [0.4, 0.5) is 20.4 Å². The summed E-state index contributed by atoms with van der Waals surface area (Å²) in [6.07, 6.45) is 1.20. The van der Waals surface area contributed by atoms with Crippen LogP contribution in [0.2, 0.25) is 0 Å². The lowest BCUT2D eigenvalue weighted by atomic mass is 10.0. The van der Waals surface area contributed by atoms with Gasteiger partial charge in [-0.1, -0.05) is 30.3 Å². The van der Waals surface area contributed by atoms with Crippen molar-refractivity contribution in [1.29, 1.82) is 5.41 Å². The molecule has 0 fully saturated rings. The largest absolute Gasteiger partial charge is 0.508 e. The predicted molar refractivity (Wildman–Crippen MR) is 142 cm³/mol. The number of nitrogens with two attached hydrogens (primary N) is 1. The lowest BCUT2D eigenvalue weighted by Crippen LogP contribution is -2.25. The van der Waals surface area contributed by atoms with Crippen LogP contribution in [0.3, 0.4) is 0 Å². The number of nitrogen functional groups attached to an aromatic ring is 1. The topological polar surface area (TPSA) is 130 Å². The Kier molecular flexibility index (Phi) is 6.29. The van der Waals surface area contributed by atoms with Crippen molar-refractivity contribution in [3.8, 4) is 11.4 Å². The smallest absolute Gasteiger partial charge is 0.263 e. The van der Waals surface area contributed by atoms with E-state index < -0.39 is 11.6 Å². The summed E-state index contributed by atoms with van der Waals surface area (Å²) in [5, 5.41) is 22.6. The van der Waals surface area contributed by atoms with Gasteiger partial charge < -0.3 is 16.2 Å². The third kappa shape index (κ3) is 4.43. The summed E-state index contributed by atoms with van der Waals surface area (Å²) in [5.74, 6) is -1.55. The van der Waals surface area contributed by atoms with Crippen molar-refractivity contribution in [2.75, 3.05) is 11.1 Å². The van der Waals surface area contributed by atoms with E-state index in [-0.39, 0.29) is 52.0 Å². The number of rotatable bonds is 6. The summed E-state index contributed by atoms with van der Waals surface area (Å²) >= 11 is 0. The van der Waals surface area contributed by atoms with Gasteiger partial charge in [-0.3, -0.25) is 14.8 Å². The molecule has 0 amide bonds. The Morgan fingerprint density at radius 3 is 2.63 bits per heavy atom. The highest BCUT2D eigenvalue weighted by atomic mass is 19.1. The van der Waals surface area contributed by atoms with Gasteiger partial charge in [0.25, 0.3) is 5.56 Å². The third-order valence-corrected chi connectivity index (χ3v) is 6.16. The van der Waals surface area contributed by atoms with Gasteiger partial charge in [-0.25, -0.2) is 18.7 Å². The molecule has 0 saturated heterocycles.